The summed E-state index contributed by atoms with van der Waals surface area (Å²) in [4.78, 5) is 20.0. The number of primary amides is 1. The minimum Gasteiger partial charge on any atom is -0.414 e. The minimum atomic E-state index is -0.523. The van der Waals surface area contributed by atoms with Gasteiger partial charge in [-0.3, -0.25) is 4.79 Å². The molecular formula is C19H22N6O2. The van der Waals surface area contributed by atoms with Crippen LogP contribution in [-0.2, 0) is 0 Å². The molecule has 8 nitrogen and oxygen atoms in total. The van der Waals surface area contributed by atoms with Gasteiger partial charge in [0.2, 0.25) is 11.8 Å². The molecule has 0 atom stereocenters. The van der Waals surface area contributed by atoms with Gasteiger partial charge in [0.05, 0.1) is 11.9 Å². The molecule has 8 heteroatoms. The molecule has 0 radical (unpaired) electrons. The fourth-order valence-corrected chi connectivity index (χ4v) is 2.54. The second-order valence-corrected chi connectivity index (χ2v) is 5.71. The van der Waals surface area contributed by atoms with Crippen LogP contribution in [0.15, 0.2) is 65.2 Å². The fourth-order valence-electron chi connectivity index (χ4n) is 2.54. The van der Waals surface area contributed by atoms with Crippen LogP contribution in [0, 0.1) is 0 Å². The zero-order valence-corrected chi connectivity index (χ0v) is 14.0. The average molecular weight is 366 g/mol. The summed E-state index contributed by atoms with van der Waals surface area (Å²) < 4.78 is 5.71. The summed E-state index contributed by atoms with van der Waals surface area (Å²) in [6, 6.07) is 16.1. The van der Waals surface area contributed by atoms with Crippen molar-refractivity contribution in [3.8, 4) is 34.3 Å². The van der Waals surface area contributed by atoms with Crippen molar-refractivity contribution in [3.05, 3.63) is 66.4 Å². The van der Waals surface area contributed by atoms with Crippen molar-refractivity contribution in [1.29, 1.82) is 0 Å². The first-order chi connectivity index (χ1) is 13.1. The Hall–Kier alpha value is -4.07. The highest BCUT2D eigenvalue weighted by molar-refractivity contribution is 5.94. The first-order valence-electron chi connectivity index (χ1n) is 8.04. The van der Waals surface area contributed by atoms with Gasteiger partial charge in [-0.25, -0.2) is 9.97 Å². The van der Waals surface area contributed by atoms with Crippen molar-refractivity contribution >= 4 is 11.7 Å². The van der Waals surface area contributed by atoms with Gasteiger partial charge in [-0.2, -0.15) is 0 Å². The molecule has 0 fully saturated rings. The van der Waals surface area contributed by atoms with Crippen LogP contribution >= 0.6 is 0 Å². The number of anilines is 1. The number of nitrogens with two attached hydrogens (primary N) is 2. The lowest BCUT2D eigenvalue weighted by atomic mass is 10.1. The van der Waals surface area contributed by atoms with Gasteiger partial charge in [-0.15, -0.1) is 10.2 Å². The van der Waals surface area contributed by atoms with Gasteiger partial charge in [0.15, 0.2) is 11.5 Å². The zero-order valence-electron chi connectivity index (χ0n) is 14.0. The number of hydrogen-bond acceptors (Lipinski definition) is 7. The maximum atomic E-state index is 11.4. The van der Waals surface area contributed by atoms with Crippen LogP contribution in [-0.4, -0.2) is 26.1 Å². The Morgan fingerprint density at radius 1 is 0.963 bits per heavy atom. The number of rotatable bonds is 4. The largest absolute Gasteiger partial charge is 0.414 e. The molecule has 4 N–H and O–H groups in total. The number of nitrogens with zero attached hydrogens (tertiary/aromatic N) is 4. The number of aromatic nitrogens is 4. The molecule has 0 bridgehead atoms. The van der Waals surface area contributed by atoms with Crippen molar-refractivity contribution in [1.82, 2.24) is 20.2 Å². The molecule has 1 amide bonds. The Labute approximate surface area is 159 Å². The molecule has 0 saturated carbocycles. The predicted molar refractivity (Wildman–Crippen MR) is 108 cm³/mol. The lowest BCUT2D eigenvalue weighted by Crippen LogP contribution is -2.10. The van der Waals surface area contributed by atoms with E-state index in [9.17, 15) is 4.79 Å². The van der Waals surface area contributed by atoms with Crippen LogP contribution in [0.25, 0.3) is 34.3 Å². The minimum absolute atomic E-state index is 0. The Morgan fingerprint density at radius 3 is 2.48 bits per heavy atom. The van der Waals surface area contributed by atoms with Crippen molar-refractivity contribution in [3.63, 3.8) is 0 Å². The van der Waals surface area contributed by atoms with Crippen LogP contribution in [0.5, 0.6) is 0 Å². The second-order valence-electron chi connectivity index (χ2n) is 5.71. The number of hydrogen-bond donors (Lipinski definition) is 2. The summed E-state index contributed by atoms with van der Waals surface area (Å²) in [6.07, 6.45) is 1.51. The lowest BCUT2D eigenvalue weighted by molar-refractivity contribution is 0.100. The second kappa shape index (κ2) is 6.68. The topological polar surface area (TPSA) is 134 Å². The Bertz CT molecular complexity index is 1140. The maximum absolute atomic E-state index is 11.4. The van der Waals surface area contributed by atoms with Crippen LogP contribution in [0.1, 0.15) is 16.1 Å². The van der Waals surface area contributed by atoms with Gasteiger partial charge in [0, 0.05) is 22.4 Å². The lowest BCUT2D eigenvalue weighted by Gasteiger charge is -2.05. The molecule has 2 aromatic carbocycles. The van der Waals surface area contributed by atoms with Crippen molar-refractivity contribution < 1.29 is 14.9 Å². The smallest absolute Gasteiger partial charge is 0.270 e. The maximum Gasteiger partial charge on any atom is 0.270 e. The van der Waals surface area contributed by atoms with Gasteiger partial charge in [0.25, 0.3) is 5.89 Å². The first-order valence-corrected chi connectivity index (χ1v) is 8.04. The van der Waals surface area contributed by atoms with Gasteiger partial charge in [0.1, 0.15) is 0 Å². The van der Waals surface area contributed by atoms with Crippen LogP contribution < -0.4 is 11.5 Å². The van der Waals surface area contributed by atoms with E-state index in [-0.39, 0.29) is 23.1 Å². The SMILES string of the molecule is NC(=O)c1cccc(-c2cnc(N)c(-c3nnc(-c4ccccc4)o3)n2)c1.[HH].[HH].[HH].[HH]. The monoisotopic (exact) mass is 366 g/mol. The molecule has 140 valence electrons. The Kier molecular flexibility index (Phi) is 4.06. The summed E-state index contributed by atoms with van der Waals surface area (Å²) in [7, 11) is 0. The van der Waals surface area contributed by atoms with E-state index in [1.807, 2.05) is 30.3 Å². The molecule has 2 aromatic heterocycles. The van der Waals surface area contributed by atoms with Gasteiger partial charge >= 0.3 is 0 Å². The van der Waals surface area contributed by atoms with E-state index < -0.39 is 5.91 Å². The molecule has 0 aliphatic heterocycles. The normalized spacial score (nSPS) is 10.7. The van der Waals surface area contributed by atoms with E-state index in [2.05, 4.69) is 20.2 Å². The molecule has 0 unspecified atom stereocenters. The third kappa shape index (κ3) is 3.23. The number of amides is 1. The summed E-state index contributed by atoms with van der Waals surface area (Å²) in [5.41, 5.74) is 13.9. The quantitative estimate of drug-likeness (QED) is 0.564. The molecule has 0 spiro atoms. The third-order valence-electron chi connectivity index (χ3n) is 3.89. The molecule has 0 saturated heterocycles. The Balaban J connectivity index is 0.00000225. The molecular weight excluding hydrogens is 344 g/mol. The molecule has 2 heterocycles. The molecule has 4 rings (SSSR count). The summed E-state index contributed by atoms with van der Waals surface area (Å²) in [5.74, 6) is 0.151. The van der Waals surface area contributed by atoms with E-state index in [0.717, 1.165) is 5.56 Å². The first kappa shape index (κ1) is 16.4. The summed E-state index contributed by atoms with van der Waals surface area (Å²) in [6.45, 7) is 0. The molecule has 4 aromatic rings. The highest BCUT2D eigenvalue weighted by Gasteiger charge is 2.17. The number of benzene rings is 2. The van der Waals surface area contributed by atoms with E-state index >= 15 is 0 Å². The number of carbonyl (C=O) groups is 1. The predicted octanol–water partition coefficient (Wildman–Crippen LogP) is 3.53. The average Bonchev–Trinajstić information content (AvgIpc) is 3.19. The van der Waals surface area contributed by atoms with Crippen LogP contribution in [0.2, 0.25) is 0 Å². The van der Waals surface area contributed by atoms with Gasteiger partial charge < -0.3 is 15.9 Å². The zero-order chi connectivity index (χ0) is 18.8. The van der Waals surface area contributed by atoms with Crippen molar-refractivity contribution in [2.45, 2.75) is 0 Å². The fraction of sp³-hybridized carbons (Fsp3) is 0. The molecule has 27 heavy (non-hydrogen) atoms. The summed E-state index contributed by atoms with van der Waals surface area (Å²) >= 11 is 0. The number of carbonyl (C=O) groups excluding carboxylic acids is 1. The number of nitrogen functional groups attached to an aromatic ring is 1. The van der Waals surface area contributed by atoms with E-state index in [1.165, 1.54) is 6.20 Å². The van der Waals surface area contributed by atoms with E-state index in [1.54, 1.807) is 24.3 Å². The van der Waals surface area contributed by atoms with Gasteiger partial charge in [-0.1, -0.05) is 30.3 Å². The Morgan fingerprint density at radius 2 is 1.70 bits per heavy atom. The highest BCUT2D eigenvalue weighted by Crippen LogP contribution is 2.28. The summed E-state index contributed by atoms with van der Waals surface area (Å²) in [5, 5.41) is 8.07. The molecule has 0 aliphatic rings. The van der Waals surface area contributed by atoms with E-state index in [0.29, 0.717) is 22.7 Å². The molecule has 0 aliphatic carbocycles. The van der Waals surface area contributed by atoms with Crippen molar-refractivity contribution in [2.24, 2.45) is 5.73 Å². The standard InChI is InChI=1S/C19H14N6O2.4H2/c20-16-15(19-25-24-18(27-19)11-5-2-1-3-6-11)23-14(10-22-16)12-7-4-8-13(9-12)17(21)26;;;;/h1-10H,(H2,20,22)(H2,21,26);4*1H. The van der Waals surface area contributed by atoms with Crippen molar-refractivity contribution in [2.75, 3.05) is 5.73 Å². The third-order valence-corrected chi connectivity index (χ3v) is 3.89. The van der Waals surface area contributed by atoms with E-state index in [4.69, 9.17) is 15.9 Å². The van der Waals surface area contributed by atoms with Gasteiger partial charge in [-0.05, 0) is 24.3 Å². The van der Waals surface area contributed by atoms with Crippen LogP contribution in [0.4, 0.5) is 5.82 Å². The van der Waals surface area contributed by atoms with Crippen LogP contribution in [0.3, 0.4) is 0 Å². The highest BCUT2D eigenvalue weighted by atomic mass is 16.4.